The summed E-state index contributed by atoms with van der Waals surface area (Å²) in [5.74, 6) is 1.20. The number of thioether (sulfide) groups is 1. The van der Waals surface area contributed by atoms with Gasteiger partial charge in [-0.25, -0.2) is 0 Å². The van der Waals surface area contributed by atoms with E-state index in [-0.39, 0.29) is 0 Å². The first-order valence-electron chi connectivity index (χ1n) is 6.99. The standard InChI is InChI=1S/C16H28N2S/c1-12-6-7-13(2)15(10-12)16(11-17)18(4)14(3)8-9-19-5/h6-7,10,14,16H,8-9,11,17H2,1-5H3. The van der Waals surface area contributed by atoms with E-state index in [9.17, 15) is 0 Å². The molecule has 1 aromatic carbocycles. The lowest BCUT2D eigenvalue weighted by molar-refractivity contribution is 0.185. The van der Waals surface area contributed by atoms with Gasteiger partial charge in [0.05, 0.1) is 0 Å². The maximum atomic E-state index is 6.04. The lowest BCUT2D eigenvalue weighted by atomic mass is 9.97. The predicted octanol–water partition coefficient (Wildman–Crippen LogP) is 3.38. The Labute approximate surface area is 122 Å². The number of hydrogen-bond acceptors (Lipinski definition) is 3. The number of aryl methyl sites for hydroxylation is 2. The summed E-state index contributed by atoms with van der Waals surface area (Å²) < 4.78 is 0. The van der Waals surface area contributed by atoms with Crippen LogP contribution in [0.15, 0.2) is 18.2 Å². The van der Waals surface area contributed by atoms with E-state index < -0.39 is 0 Å². The fourth-order valence-corrected chi connectivity index (χ4v) is 3.01. The van der Waals surface area contributed by atoms with Crippen LogP contribution in [-0.4, -0.2) is 36.5 Å². The Kier molecular flexibility index (Phi) is 6.90. The fourth-order valence-electron chi connectivity index (χ4n) is 2.43. The Morgan fingerprint density at radius 2 is 2.00 bits per heavy atom. The number of nitrogens with zero attached hydrogens (tertiary/aromatic N) is 1. The first-order chi connectivity index (χ1) is 9.01. The molecular formula is C16H28N2S. The monoisotopic (exact) mass is 280 g/mol. The van der Waals surface area contributed by atoms with Crippen LogP contribution in [0.4, 0.5) is 0 Å². The van der Waals surface area contributed by atoms with E-state index in [1.165, 1.54) is 28.9 Å². The molecule has 2 unspecified atom stereocenters. The molecule has 2 nitrogen and oxygen atoms in total. The maximum Gasteiger partial charge on any atom is 0.0472 e. The molecule has 0 aliphatic rings. The molecule has 0 spiro atoms. The average Bonchev–Trinajstić information content (AvgIpc) is 2.40. The van der Waals surface area contributed by atoms with Crippen molar-refractivity contribution in [2.45, 2.75) is 39.3 Å². The van der Waals surface area contributed by atoms with Crippen molar-refractivity contribution in [3.63, 3.8) is 0 Å². The van der Waals surface area contributed by atoms with Crippen molar-refractivity contribution in [1.82, 2.24) is 4.90 Å². The quantitative estimate of drug-likeness (QED) is 0.830. The second kappa shape index (κ2) is 7.93. The van der Waals surface area contributed by atoms with Gasteiger partial charge in [-0.15, -0.1) is 0 Å². The SMILES string of the molecule is CSCCC(C)N(C)C(CN)c1cc(C)ccc1C. The lowest BCUT2D eigenvalue weighted by Gasteiger charge is -2.33. The zero-order valence-corrected chi connectivity index (χ0v) is 13.8. The van der Waals surface area contributed by atoms with Crippen molar-refractivity contribution in [1.29, 1.82) is 0 Å². The van der Waals surface area contributed by atoms with Crippen LogP contribution in [-0.2, 0) is 0 Å². The number of likely N-dealkylation sites (N-methyl/N-ethyl adjacent to an activating group) is 1. The van der Waals surface area contributed by atoms with Crippen molar-refractivity contribution in [3.8, 4) is 0 Å². The molecule has 0 aliphatic heterocycles. The topological polar surface area (TPSA) is 29.3 Å². The van der Waals surface area contributed by atoms with E-state index in [1.807, 2.05) is 11.8 Å². The van der Waals surface area contributed by atoms with Crippen molar-refractivity contribution < 1.29 is 0 Å². The van der Waals surface area contributed by atoms with Gasteiger partial charge in [0.25, 0.3) is 0 Å². The minimum atomic E-state index is 0.316. The fraction of sp³-hybridized carbons (Fsp3) is 0.625. The second-order valence-electron chi connectivity index (χ2n) is 5.41. The Bertz CT molecular complexity index is 392. The molecule has 0 aromatic heterocycles. The zero-order chi connectivity index (χ0) is 14.4. The summed E-state index contributed by atoms with van der Waals surface area (Å²) in [6.07, 6.45) is 3.37. The third-order valence-corrected chi connectivity index (χ3v) is 4.59. The highest BCUT2D eigenvalue weighted by molar-refractivity contribution is 7.98. The Hall–Kier alpha value is -0.510. The molecule has 0 radical (unpaired) electrons. The number of nitrogens with two attached hydrogens (primary N) is 1. The van der Waals surface area contributed by atoms with Gasteiger partial charge in [0.2, 0.25) is 0 Å². The molecule has 1 aromatic rings. The normalized spacial score (nSPS) is 14.7. The van der Waals surface area contributed by atoms with Gasteiger partial charge in [0.1, 0.15) is 0 Å². The second-order valence-corrected chi connectivity index (χ2v) is 6.39. The van der Waals surface area contributed by atoms with Crippen molar-refractivity contribution in [3.05, 3.63) is 34.9 Å². The van der Waals surface area contributed by atoms with Crippen LogP contribution in [0.3, 0.4) is 0 Å². The van der Waals surface area contributed by atoms with Gasteiger partial charge in [-0.05, 0) is 57.4 Å². The Morgan fingerprint density at radius 3 is 2.58 bits per heavy atom. The Morgan fingerprint density at radius 1 is 1.32 bits per heavy atom. The van der Waals surface area contributed by atoms with E-state index in [2.05, 4.69) is 57.2 Å². The van der Waals surface area contributed by atoms with Gasteiger partial charge in [-0.2, -0.15) is 11.8 Å². The highest BCUT2D eigenvalue weighted by atomic mass is 32.2. The molecular weight excluding hydrogens is 252 g/mol. The third-order valence-electron chi connectivity index (χ3n) is 3.94. The Balaban J connectivity index is 2.89. The van der Waals surface area contributed by atoms with E-state index in [0.29, 0.717) is 18.6 Å². The minimum absolute atomic E-state index is 0.316. The molecule has 0 amide bonds. The molecule has 0 heterocycles. The summed E-state index contributed by atoms with van der Waals surface area (Å²) in [5.41, 5.74) is 10.1. The molecule has 0 saturated carbocycles. The van der Waals surface area contributed by atoms with Gasteiger partial charge in [-0.3, -0.25) is 4.90 Å². The average molecular weight is 280 g/mol. The number of rotatable bonds is 7. The summed E-state index contributed by atoms with van der Waals surface area (Å²) in [6, 6.07) is 7.53. The van der Waals surface area contributed by atoms with Crippen LogP contribution in [0.1, 0.15) is 36.1 Å². The molecule has 3 heteroatoms. The molecule has 19 heavy (non-hydrogen) atoms. The van der Waals surface area contributed by atoms with Crippen molar-refractivity contribution in [2.75, 3.05) is 25.6 Å². The van der Waals surface area contributed by atoms with Crippen LogP contribution in [0.25, 0.3) is 0 Å². The minimum Gasteiger partial charge on any atom is -0.329 e. The zero-order valence-electron chi connectivity index (χ0n) is 12.9. The smallest absolute Gasteiger partial charge is 0.0472 e. The summed E-state index contributed by atoms with van der Waals surface area (Å²) in [4.78, 5) is 2.43. The maximum absolute atomic E-state index is 6.04. The van der Waals surface area contributed by atoms with Crippen LogP contribution >= 0.6 is 11.8 Å². The number of benzene rings is 1. The molecule has 108 valence electrons. The van der Waals surface area contributed by atoms with E-state index in [4.69, 9.17) is 5.73 Å². The van der Waals surface area contributed by atoms with Gasteiger partial charge in [-0.1, -0.05) is 23.8 Å². The molecule has 2 atom stereocenters. The molecule has 0 saturated heterocycles. The predicted molar refractivity (Wildman–Crippen MR) is 87.9 cm³/mol. The van der Waals surface area contributed by atoms with Gasteiger partial charge < -0.3 is 5.73 Å². The highest BCUT2D eigenvalue weighted by Gasteiger charge is 2.21. The number of hydrogen-bond donors (Lipinski definition) is 1. The first kappa shape index (κ1) is 16.5. The van der Waals surface area contributed by atoms with Crippen LogP contribution < -0.4 is 5.73 Å². The van der Waals surface area contributed by atoms with Crippen LogP contribution in [0.2, 0.25) is 0 Å². The van der Waals surface area contributed by atoms with E-state index >= 15 is 0 Å². The molecule has 2 N–H and O–H groups in total. The molecule has 0 aliphatic carbocycles. The first-order valence-corrected chi connectivity index (χ1v) is 8.38. The van der Waals surface area contributed by atoms with E-state index in [1.54, 1.807) is 0 Å². The molecule has 1 rings (SSSR count). The van der Waals surface area contributed by atoms with Gasteiger partial charge in [0, 0.05) is 18.6 Å². The van der Waals surface area contributed by atoms with Crippen molar-refractivity contribution in [2.24, 2.45) is 5.73 Å². The third kappa shape index (κ3) is 4.51. The van der Waals surface area contributed by atoms with Crippen LogP contribution in [0, 0.1) is 13.8 Å². The highest BCUT2D eigenvalue weighted by Crippen LogP contribution is 2.25. The van der Waals surface area contributed by atoms with Crippen LogP contribution in [0.5, 0.6) is 0 Å². The summed E-state index contributed by atoms with van der Waals surface area (Å²) in [6.45, 7) is 7.29. The van der Waals surface area contributed by atoms with Crippen molar-refractivity contribution >= 4 is 11.8 Å². The lowest BCUT2D eigenvalue weighted by Crippen LogP contribution is -2.37. The van der Waals surface area contributed by atoms with E-state index in [0.717, 1.165) is 0 Å². The van der Waals surface area contributed by atoms with Gasteiger partial charge in [0.15, 0.2) is 0 Å². The summed E-state index contributed by atoms with van der Waals surface area (Å²) in [7, 11) is 2.20. The largest absolute Gasteiger partial charge is 0.329 e. The summed E-state index contributed by atoms with van der Waals surface area (Å²) >= 11 is 1.91. The van der Waals surface area contributed by atoms with Gasteiger partial charge >= 0.3 is 0 Å². The molecule has 0 bridgehead atoms. The molecule has 0 fully saturated rings. The summed E-state index contributed by atoms with van der Waals surface area (Å²) in [5, 5.41) is 0.